The highest BCUT2D eigenvalue weighted by Crippen LogP contribution is 2.32. The third kappa shape index (κ3) is 3.71. The van der Waals surface area contributed by atoms with E-state index >= 15 is 0 Å². The summed E-state index contributed by atoms with van der Waals surface area (Å²) in [6.07, 6.45) is 0.890. The molecule has 116 valence electrons. The number of rotatable bonds is 3. The summed E-state index contributed by atoms with van der Waals surface area (Å²) in [4.78, 5) is 5.55. The zero-order valence-corrected chi connectivity index (χ0v) is 13.3. The van der Waals surface area contributed by atoms with Gasteiger partial charge in [-0.2, -0.15) is 0 Å². The van der Waals surface area contributed by atoms with Crippen molar-refractivity contribution in [3.8, 4) is 11.5 Å². The summed E-state index contributed by atoms with van der Waals surface area (Å²) in [5, 5.41) is 5.20. The number of nitrogens with one attached hydrogen (secondary N) is 1. The fraction of sp³-hybridized carbons (Fsp3) is 0.312. The molecule has 0 saturated carbocycles. The molecule has 1 aromatic heterocycles. The van der Waals surface area contributed by atoms with E-state index < -0.39 is 0 Å². The smallest absolute Gasteiger partial charge is 0.193 e. The predicted octanol–water partition coefficient (Wildman–Crippen LogP) is 3.14. The summed E-state index contributed by atoms with van der Waals surface area (Å²) in [7, 11) is 0. The minimum atomic E-state index is 0.389. The maximum atomic E-state index is 5.94. The van der Waals surface area contributed by atoms with E-state index in [2.05, 4.69) is 28.7 Å². The van der Waals surface area contributed by atoms with Gasteiger partial charge in [0.2, 0.25) is 0 Å². The van der Waals surface area contributed by atoms with Crippen LogP contribution in [0.4, 0.5) is 5.69 Å². The summed E-state index contributed by atoms with van der Waals surface area (Å²) in [5.41, 5.74) is 8.03. The second kappa shape index (κ2) is 6.70. The number of aryl methyl sites for hydroxylation is 1. The van der Waals surface area contributed by atoms with Gasteiger partial charge < -0.3 is 20.5 Å². The first kappa shape index (κ1) is 14.7. The van der Waals surface area contributed by atoms with Crippen molar-refractivity contribution in [1.29, 1.82) is 0 Å². The number of nitrogens with two attached hydrogens (primary N) is 1. The zero-order chi connectivity index (χ0) is 15.4. The fourth-order valence-electron chi connectivity index (χ4n) is 2.17. The topological polar surface area (TPSA) is 68.9 Å². The van der Waals surface area contributed by atoms with Crippen LogP contribution in [0.25, 0.3) is 0 Å². The van der Waals surface area contributed by atoms with Crippen molar-refractivity contribution in [2.75, 3.05) is 18.5 Å². The summed E-state index contributed by atoms with van der Waals surface area (Å²) < 4.78 is 11.3. The SMILES string of the molecule is Cc1csc(CN=C(N)Nc2ccc3c(c2)OCCCO3)c1. The van der Waals surface area contributed by atoms with Crippen molar-refractivity contribution >= 4 is 23.0 Å². The van der Waals surface area contributed by atoms with Crippen molar-refractivity contribution in [3.05, 3.63) is 40.1 Å². The van der Waals surface area contributed by atoms with E-state index in [0.29, 0.717) is 25.7 Å². The third-order valence-corrected chi connectivity index (χ3v) is 4.25. The van der Waals surface area contributed by atoms with E-state index in [-0.39, 0.29) is 0 Å². The number of fused-ring (bicyclic) bond motifs is 1. The molecule has 0 bridgehead atoms. The predicted molar refractivity (Wildman–Crippen MR) is 90.1 cm³/mol. The number of ether oxygens (including phenoxy) is 2. The highest BCUT2D eigenvalue weighted by atomic mass is 32.1. The summed E-state index contributed by atoms with van der Waals surface area (Å²) in [6.45, 7) is 4.01. The number of thiophene rings is 1. The number of nitrogens with zero attached hydrogens (tertiary/aromatic N) is 1. The van der Waals surface area contributed by atoms with Gasteiger partial charge in [0.25, 0.3) is 0 Å². The molecule has 0 fully saturated rings. The summed E-state index contributed by atoms with van der Waals surface area (Å²) in [6, 6.07) is 7.80. The van der Waals surface area contributed by atoms with Gasteiger partial charge in [-0.15, -0.1) is 11.3 Å². The van der Waals surface area contributed by atoms with Crippen molar-refractivity contribution in [2.45, 2.75) is 19.9 Å². The van der Waals surface area contributed by atoms with Crippen LogP contribution in [0.3, 0.4) is 0 Å². The van der Waals surface area contributed by atoms with Gasteiger partial charge in [-0.1, -0.05) is 0 Å². The van der Waals surface area contributed by atoms with Gasteiger partial charge in [0, 0.05) is 23.1 Å². The first-order valence-electron chi connectivity index (χ1n) is 7.21. The van der Waals surface area contributed by atoms with E-state index in [1.165, 1.54) is 10.4 Å². The molecular weight excluding hydrogens is 298 g/mol. The lowest BCUT2D eigenvalue weighted by Gasteiger charge is -2.10. The summed E-state index contributed by atoms with van der Waals surface area (Å²) >= 11 is 1.69. The van der Waals surface area contributed by atoms with Crippen molar-refractivity contribution < 1.29 is 9.47 Å². The average molecular weight is 317 g/mol. The van der Waals surface area contributed by atoms with Crippen LogP contribution >= 0.6 is 11.3 Å². The van der Waals surface area contributed by atoms with Gasteiger partial charge in [-0.25, -0.2) is 4.99 Å². The number of aliphatic imine (C=N–C) groups is 1. The highest BCUT2D eigenvalue weighted by Gasteiger charge is 2.10. The Morgan fingerprint density at radius 1 is 1.27 bits per heavy atom. The molecule has 0 saturated heterocycles. The van der Waals surface area contributed by atoms with Crippen LogP contribution in [0.1, 0.15) is 16.9 Å². The van der Waals surface area contributed by atoms with Gasteiger partial charge >= 0.3 is 0 Å². The lowest BCUT2D eigenvalue weighted by molar-refractivity contribution is 0.297. The molecule has 1 aromatic carbocycles. The number of guanidine groups is 1. The molecule has 0 atom stereocenters. The number of benzene rings is 1. The van der Waals surface area contributed by atoms with E-state index in [4.69, 9.17) is 15.2 Å². The molecule has 0 unspecified atom stereocenters. The molecular formula is C16H19N3O2S. The van der Waals surface area contributed by atoms with Crippen molar-refractivity contribution in [1.82, 2.24) is 0 Å². The molecule has 6 heteroatoms. The monoisotopic (exact) mass is 317 g/mol. The second-order valence-corrected chi connectivity index (χ2v) is 6.12. The second-order valence-electron chi connectivity index (χ2n) is 5.13. The molecule has 22 heavy (non-hydrogen) atoms. The van der Waals surface area contributed by atoms with Crippen LogP contribution in [0, 0.1) is 6.92 Å². The maximum Gasteiger partial charge on any atom is 0.193 e. The fourth-order valence-corrected chi connectivity index (χ4v) is 2.96. The van der Waals surface area contributed by atoms with Crippen LogP contribution in [-0.2, 0) is 6.54 Å². The number of hydrogen-bond donors (Lipinski definition) is 2. The van der Waals surface area contributed by atoms with Crippen LogP contribution < -0.4 is 20.5 Å². The largest absolute Gasteiger partial charge is 0.490 e. The quantitative estimate of drug-likeness (QED) is 0.674. The Hall–Kier alpha value is -2.21. The van der Waals surface area contributed by atoms with Crippen molar-refractivity contribution in [2.24, 2.45) is 10.7 Å². The first-order chi connectivity index (χ1) is 10.7. The minimum absolute atomic E-state index is 0.389. The molecule has 1 aliphatic rings. The van der Waals surface area contributed by atoms with Crippen LogP contribution in [0.15, 0.2) is 34.6 Å². The Kier molecular flexibility index (Phi) is 4.48. The lowest BCUT2D eigenvalue weighted by atomic mass is 10.3. The van der Waals surface area contributed by atoms with Crippen LogP contribution in [-0.4, -0.2) is 19.2 Å². The summed E-state index contributed by atoms with van der Waals surface area (Å²) in [5.74, 6) is 1.90. The molecule has 0 radical (unpaired) electrons. The van der Waals surface area contributed by atoms with Crippen molar-refractivity contribution in [3.63, 3.8) is 0 Å². The van der Waals surface area contributed by atoms with Gasteiger partial charge in [-0.3, -0.25) is 0 Å². The average Bonchev–Trinajstić information content (AvgIpc) is 2.78. The Balaban J connectivity index is 1.65. The molecule has 0 spiro atoms. The Bertz CT molecular complexity index is 682. The van der Waals surface area contributed by atoms with Gasteiger partial charge in [0.15, 0.2) is 17.5 Å². The molecule has 3 rings (SSSR count). The third-order valence-electron chi connectivity index (χ3n) is 3.21. The molecule has 3 N–H and O–H groups in total. The van der Waals surface area contributed by atoms with Gasteiger partial charge in [0.1, 0.15) is 0 Å². The molecule has 5 nitrogen and oxygen atoms in total. The highest BCUT2D eigenvalue weighted by molar-refractivity contribution is 7.10. The molecule has 1 aliphatic heterocycles. The minimum Gasteiger partial charge on any atom is -0.490 e. The van der Waals surface area contributed by atoms with E-state index in [1.807, 2.05) is 18.2 Å². The van der Waals surface area contributed by atoms with Gasteiger partial charge in [0.05, 0.1) is 19.8 Å². The normalized spacial score (nSPS) is 14.5. The van der Waals surface area contributed by atoms with Crippen LogP contribution in [0.2, 0.25) is 0 Å². The van der Waals surface area contributed by atoms with Gasteiger partial charge in [-0.05, 0) is 36.1 Å². The Morgan fingerprint density at radius 2 is 2.09 bits per heavy atom. The van der Waals surface area contributed by atoms with E-state index in [9.17, 15) is 0 Å². The lowest BCUT2D eigenvalue weighted by Crippen LogP contribution is -2.22. The molecule has 0 amide bonds. The Morgan fingerprint density at radius 3 is 2.86 bits per heavy atom. The Labute approximate surface area is 133 Å². The van der Waals surface area contributed by atoms with Crippen LogP contribution in [0.5, 0.6) is 11.5 Å². The molecule has 2 aromatic rings. The molecule has 0 aliphatic carbocycles. The number of hydrogen-bond acceptors (Lipinski definition) is 4. The maximum absolute atomic E-state index is 5.94. The number of anilines is 1. The van der Waals surface area contributed by atoms with E-state index in [0.717, 1.165) is 23.6 Å². The standard InChI is InChI=1S/C16H19N3O2S/c1-11-7-13(22-10-11)9-18-16(17)19-12-3-4-14-15(8-12)21-6-2-5-20-14/h3-4,7-8,10H,2,5-6,9H2,1H3,(H3,17,18,19). The zero-order valence-electron chi connectivity index (χ0n) is 12.5. The molecule has 2 heterocycles. The van der Waals surface area contributed by atoms with E-state index in [1.54, 1.807) is 11.3 Å². The first-order valence-corrected chi connectivity index (χ1v) is 8.09.